The highest BCUT2D eigenvalue weighted by molar-refractivity contribution is 7.26. The summed E-state index contributed by atoms with van der Waals surface area (Å²) in [5, 5.41) is 11.2. The van der Waals surface area contributed by atoms with E-state index in [9.17, 15) is 0 Å². The first-order valence-electron chi connectivity index (χ1n) is 19.0. The molecule has 9 aromatic carbocycles. The van der Waals surface area contributed by atoms with Crippen LogP contribution >= 0.6 is 11.3 Å². The van der Waals surface area contributed by atoms with Gasteiger partial charge in [0.25, 0.3) is 0 Å². The summed E-state index contributed by atoms with van der Waals surface area (Å²) in [6.45, 7) is 0. The Bertz CT molecular complexity index is 3450. The summed E-state index contributed by atoms with van der Waals surface area (Å²) in [7, 11) is 0. The molecule has 0 radical (unpaired) electrons. The van der Waals surface area contributed by atoms with Gasteiger partial charge in [0.15, 0.2) is 5.82 Å². The summed E-state index contributed by atoms with van der Waals surface area (Å²) in [5.74, 6) is 0.735. The smallest absolute Gasteiger partial charge is 0.160 e. The number of benzene rings is 9. The maximum Gasteiger partial charge on any atom is 0.160 e. The average Bonchev–Trinajstić information content (AvgIpc) is 3.82. The van der Waals surface area contributed by atoms with Crippen LogP contribution in [0.25, 0.3) is 114 Å². The molecule has 0 saturated heterocycles. The van der Waals surface area contributed by atoms with Crippen LogP contribution in [0.4, 0.5) is 0 Å². The van der Waals surface area contributed by atoms with Crippen molar-refractivity contribution in [2.45, 2.75) is 0 Å². The molecule has 0 aliphatic heterocycles. The largest absolute Gasteiger partial charge is 0.309 e. The molecule has 0 unspecified atom stereocenters. The van der Waals surface area contributed by atoms with Gasteiger partial charge in [-0.1, -0.05) is 152 Å². The summed E-state index contributed by atoms with van der Waals surface area (Å²) in [6, 6.07) is 67.8. The molecule has 0 bridgehead atoms. The van der Waals surface area contributed by atoms with Crippen molar-refractivity contribution in [2.75, 3.05) is 0 Å². The average molecular weight is 730 g/mol. The molecule has 0 aliphatic rings. The number of hydrogen-bond donors (Lipinski definition) is 0. The zero-order valence-corrected chi connectivity index (χ0v) is 31.0. The van der Waals surface area contributed by atoms with Crippen LogP contribution in [0.15, 0.2) is 188 Å². The fourth-order valence-electron chi connectivity index (χ4n) is 8.81. The highest BCUT2D eigenvalue weighted by Crippen LogP contribution is 2.43. The molecule has 0 spiro atoms. The molecule has 0 N–H and O–H groups in total. The third-order valence-corrected chi connectivity index (χ3v) is 12.5. The van der Waals surface area contributed by atoms with E-state index in [0.29, 0.717) is 0 Å². The summed E-state index contributed by atoms with van der Waals surface area (Å²) in [6.07, 6.45) is 0. The standard InChI is InChI=1S/C52H31N3S/c1-2-13-32(14-3-1)52-53-49(35-26-27-41-39-19-5-4-17-37(39)38-18-6-7-20-40(38)45(41)30-35)51-50(54-52)44-28-25-34(31-48(44)56-51)33-15-12-16-36(29-33)55-46-23-10-8-21-42(46)43-22-9-11-24-47(43)55/h1-31H. The first kappa shape index (κ1) is 31.2. The van der Waals surface area contributed by atoms with Gasteiger partial charge in [-0.25, -0.2) is 9.97 Å². The van der Waals surface area contributed by atoms with E-state index in [2.05, 4.69) is 187 Å². The maximum absolute atomic E-state index is 5.35. The van der Waals surface area contributed by atoms with Crippen molar-refractivity contribution in [2.24, 2.45) is 0 Å². The zero-order chi connectivity index (χ0) is 36.7. The monoisotopic (exact) mass is 729 g/mol. The lowest BCUT2D eigenvalue weighted by molar-refractivity contribution is 1.18. The van der Waals surface area contributed by atoms with E-state index in [1.54, 1.807) is 11.3 Å². The quantitative estimate of drug-likeness (QED) is 0.169. The Kier molecular flexibility index (Phi) is 6.80. The number of hydrogen-bond acceptors (Lipinski definition) is 3. The normalized spacial score (nSPS) is 11.9. The molecule has 0 atom stereocenters. The Balaban J connectivity index is 1.06. The van der Waals surface area contributed by atoms with E-state index in [4.69, 9.17) is 9.97 Å². The summed E-state index contributed by atoms with van der Waals surface area (Å²) < 4.78 is 4.67. The molecule has 0 fully saturated rings. The minimum Gasteiger partial charge on any atom is -0.309 e. The second-order valence-electron chi connectivity index (χ2n) is 14.5. The van der Waals surface area contributed by atoms with Crippen LogP contribution in [0.2, 0.25) is 0 Å². The summed E-state index contributed by atoms with van der Waals surface area (Å²) in [4.78, 5) is 10.6. The second kappa shape index (κ2) is 12.2. The molecular formula is C52H31N3S. The Hall–Kier alpha value is -7.14. The van der Waals surface area contributed by atoms with E-state index in [1.165, 1.54) is 70.0 Å². The van der Waals surface area contributed by atoms with Crippen LogP contribution in [0.3, 0.4) is 0 Å². The molecule has 3 nitrogen and oxygen atoms in total. The van der Waals surface area contributed by atoms with Gasteiger partial charge in [-0.2, -0.15) is 0 Å². The molecule has 3 heterocycles. The molecule has 12 rings (SSSR count). The molecule has 0 aliphatic carbocycles. The number of thiophene rings is 1. The van der Waals surface area contributed by atoms with Crippen molar-refractivity contribution in [1.82, 2.24) is 14.5 Å². The molecule has 3 aromatic heterocycles. The third kappa shape index (κ3) is 4.70. The first-order valence-corrected chi connectivity index (χ1v) is 19.8. The van der Waals surface area contributed by atoms with Crippen molar-refractivity contribution in [3.05, 3.63) is 188 Å². The highest BCUT2D eigenvalue weighted by atomic mass is 32.1. The van der Waals surface area contributed by atoms with Crippen molar-refractivity contribution < 1.29 is 0 Å². The topological polar surface area (TPSA) is 30.7 Å². The van der Waals surface area contributed by atoms with Crippen LogP contribution in [0, 0.1) is 0 Å². The number of aromatic nitrogens is 3. The number of nitrogens with zero attached hydrogens (tertiary/aromatic N) is 3. The second-order valence-corrected chi connectivity index (χ2v) is 15.6. The lowest BCUT2D eigenvalue weighted by Gasteiger charge is -2.12. The molecule has 260 valence electrons. The minimum atomic E-state index is 0.735. The predicted molar refractivity (Wildman–Crippen MR) is 238 cm³/mol. The Labute approximate surface area is 326 Å². The van der Waals surface area contributed by atoms with Crippen molar-refractivity contribution in [3.63, 3.8) is 0 Å². The van der Waals surface area contributed by atoms with E-state index >= 15 is 0 Å². The lowest BCUT2D eigenvalue weighted by atomic mass is 9.93. The Morgan fingerprint density at radius 2 is 0.893 bits per heavy atom. The van der Waals surface area contributed by atoms with E-state index < -0.39 is 0 Å². The molecule has 0 amide bonds. The molecule has 0 saturated carbocycles. The van der Waals surface area contributed by atoms with Gasteiger partial charge in [-0.05, 0) is 79.8 Å². The number of para-hydroxylation sites is 2. The van der Waals surface area contributed by atoms with Gasteiger partial charge < -0.3 is 4.57 Å². The fourth-order valence-corrected chi connectivity index (χ4v) is 10.0. The van der Waals surface area contributed by atoms with Gasteiger partial charge in [0.2, 0.25) is 0 Å². The van der Waals surface area contributed by atoms with Crippen LogP contribution in [0.5, 0.6) is 0 Å². The van der Waals surface area contributed by atoms with Crippen molar-refractivity contribution in [1.29, 1.82) is 0 Å². The SMILES string of the molecule is c1ccc(-c2nc(-c3ccc4c5ccccc5c5ccccc5c4c3)c3sc4cc(-c5cccc(-n6c7ccccc7c7ccccc76)c5)ccc4c3n2)cc1. The first-order chi connectivity index (χ1) is 27.8. The highest BCUT2D eigenvalue weighted by Gasteiger charge is 2.19. The summed E-state index contributed by atoms with van der Waals surface area (Å²) in [5.41, 5.74) is 9.96. The molecule has 12 aromatic rings. The number of fused-ring (bicyclic) bond motifs is 12. The number of rotatable bonds is 4. The third-order valence-electron chi connectivity index (χ3n) is 11.4. The molecular weight excluding hydrogens is 699 g/mol. The molecule has 4 heteroatoms. The van der Waals surface area contributed by atoms with Crippen LogP contribution in [-0.2, 0) is 0 Å². The van der Waals surface area contributed by atoms with Gasteiger partial charge in [0.05, 0.1) is 26.9 Å². The van der Waals surface area contributed by atoms with Crippen molar-refractivity contribution >= 4 is 85.8 Å². The van der Waals surface area contributed by atoms with Gasteiger partial charge in [0.1, 0.15) is 0 Å². The van der Waals surface area contributed by atoms with Gasteiger partial charge in [-0.15, -0.1) is 11.3 Å². The summed E-state index contributed by atoms with van der Waals surface area (Å²) >= 11 is 1.78. The van der Waals surface area contributed by atoms with Gasteiger partial charge in [-0.3, -0.25) is 0 Å². The van der Waals surface area contributed by atoms with Crippen LogP contribution in [-0.4, -0.2) is 14.5 Å². The van der Waals surface area contributed by atoms with E-state index in [-0.39, 0.29) is 0 Å². The van der Waals surface area contributed by atoms with E-state index in [1.807, 2.05) is 6.07 Å². The molecule has 56 heavy (non-hydrogen) atoms. The Morgan fingerprint density at radius 3 is 1.59 bits per heavy atom. The van der Waals surface area contributed by atoms with Crippen molar-refractivity contribution in [3.8, 4) is 39.5 Å². The predicted octanol–water partition coefficient (Wildman–Crippen LogP) is 14.4. The maximum atomic E-state index is 5.35. The van der Waals surface area contributed by atoms with Crippen LogP contribution in [0.1, 0.15) is 0 Å². The van der Waals surface area contributed by atoms with Gasteiger partial charge in [0, 0.05) is 37.7 Å². The van der Waals surface area contributed by atoms with Gasteiger partial charge >= 0.3 is 0 Å². The lowest BCUT2D eigenvalue weighted by Crippen LogP contribution is -1.94. The van der Waals surface area contributed by atoms with E-state index in [0.717, 1.165) is 43.9 Å². The van der Waals surface area contributed by atoms with Crippen LogP contribution < -0.4 is 0 Å². The Morgan fingerprint density at radius 1 is 0.357 bits per heavy atom. The minimum absolute atomic E-state index is 0.735. The zero-order valence-electron chi connectivity index (χ0n) is 30.1. The fraction of sp³-hybridized carbons (Fsp3) is 0.